The van der Waals surface area contributed by atoms with E-state index in [4.69, 9.17) is 0 Å². The van der Waals surface area contributed by atoms with E-state index < -0.39 is 0 Å². The van der Waals surface area contributed by atoms with Crippen molar-refractivity contribution in [3.8, 4) is 0 Å². The van der Waals surface area contributed by atoms with Gasteiger partial charge in [-0.05, 0) is 25.7 Å². The molecule has 106 valence electrons. The fourth-order valence-electron chi connectivity index (χ4n) is 3.03. The van der Waals surface area contributed by atoms with Gasteiger partial charge in [-0.25, -0.2) is 0 Å². The Kier molecular flexibility index (Phi) is 3.92. The summed E-state index contributed by atoms with van der Waals surface area (Å²) in [7, 11) is 0. The van der Waals surface area contributed by atoms with E-state index in [2.05, 4.69) is 62.2 Å². The third-order valence-electron chi connectivity index (χ3n) is 4.34. The van der Waals surface area contributed by atoms with Crippen LogP contribution in [0.25, 0.3) is 10.8 Å². The van der Waals surface area contributed by atoms with E-state index in [0.717, 1.165) is 30.5 Å². The predicted octanol–water partition coefficient (Wildman–Crippen LogP) is 3.94. The molecule has 1 atom stereocenters. The number of nitrogens with zero attached hydrogens (tertiary/aromatic N) is 3. The molecule has 1 fully saturated rings. The summed E-state index contributed by atoms with van der Waals surface area (Å²) in [5.41, 5.74) is 1.01. The van der Waals surface area contributed by atoms with E-state index in [-0.39, 0.29) is 0 Å². The van der Waals surface area contributed by atoms with Crippen LogP contribution in [0.5, 0.6) is 0 Å². The molecule has 20 heavy (non-hydrogen) atoms. The predicted molar refractivity (Wildman–Crippen MR) is 87.6 cm³/mol. The summed E-state index contributed by atoms with van der Waals surface area (Å²) in [6, 6.07) is 8.45. The lowest BCUT2D eigenvalue weighted by Crippen LogP contribution is -2.36. The summed E-state index contributed by atoms with van der Waals surface area (Å²) in [5.74, 6) is 1.82. The maximum Gasteiger partial charge on any atom is 0.159 e. The van der Waals surface area contributed by atoms with Gasteiger partial charge in [0.05, 0.1) is 5.69 Å². The molecule has 0 radical (unpaired) electrons. The number of hydrogen-bond donors (Lipinski definition) is 0. The second-order valence-electron chi connectivity index (χ2n) is 5.66. The standard InChI is InChI=1S/C16H20BrN3/c1-11(17)13-7-9-20(10-8-13)16-15-6-4-3-5-14(15)12(2)18-19-16/h3-6,11,13H,7-10H2,1-2H3. The molecule has 0 spiro atoms. The summed E-state index contributed by atoms with van der Waals surface area (Å²) in [6.07, 6.45) is 2.44. The highest BCUT2D eigenvalue weighted by Crippen LogP contribution is 2.31. The number of aryl methyl sites for hydroxylation is 1. The number of rotatable bonds is 2. The van der Waals surface area contributed by atoms with Gasteiger partial charge >= 0.3 is 0 Å². The van der Waals surface area contributed by atoms with E-state index in [1.165, 1.54) is 23.6 Å². The molecule has 0 N–H and O–H groups in total. The Morgan fingerprint density at radius 1 is 1.15 bits per heavy atom. The van der Waals surface area contributed by atoms with Crippen LogP contribution in [0, 0.1) is 12.8 Å². The smallest absolute Gasteiger partial charge is 0.159 e. The number of aromatic nitrogens is 2. The molecule has 3 nitrogen and oxygen atoms in total. The van der Waals surface area contributed by atoms with Crippen molar-refractivity contribution in [3.05, 3.63) is 30.0 Å². The van der Waals surface area contributed by atoms with Gasteiger partial charge < -0.3 is 4.90 Å². The average Bonchev–Trinajstić information content (AvgIpc) is 2.48. The first-order valence-corrected chi connectivity index (χ1v) is 8.19. The SMILES string of the molecule is Cc1nnc(N2CCC(C(C)Br)CC2)c2ccccc12. The Morgan fingerprint density at radius 3 is 2.45 bits per heavy atom. The van der Waals surface area contributed by atoms with Gasteiger partial charge in [-0.1, -0.05) is 47.1 Å². The molecule has 1 aliphatic heterocycles. The van der Waals surface area contributed by atoms with Crippen LogP contribution in [0.2, 0.25) is 0 Å². The van der Waals surface area contributed by atoms with Crippen molar-refractivity contribution in [1.82, 2.24) is 10.2 Å². The van der Waals surface area contributed by atoms with Crippen molar-refractivity contribution in [3.63, 3.8) is 0 Å². The average molecular weight is 334 g/mol. The molecule has 2 heterocycles. The van der Waals surface area contributed by atoms with Crippen LogP contribution >= 0.6 is 15.9 Å². The summed E-state index contributed by atoms with van der Waals surface area (Å²) in [4.78, 5) is 2.99. The van der Waals surface area contributed by atoms with E-state index in [1.807, 2.05) is 6.92 Å². The zero-order chi connectivity index (χ0) is 14.1. The van der Waals surface area contributed by atoms with Gasteiger partial charge in [0.25, 0.3) is 0 Å². The Labute approximate surface area is 128 Å². The van der Waals surface area contributed by atoms with E-state index in [9.17, 15) is 0 Å². The van der Waals surface area contributed by atoms with Crippen molar-refractivity contribution in [2.75, 3.05) is 18.0 Å². The van der Waals surface area contributed by atoms with Crippen LogP contribution in [0.1, 0.15) is 25.5 Å². The Bertz CT molecular complexity index is 604. The Hall–Kier alpha value is -1.16. The first kappa shape index (κ1) is 13.8. The van der Waals surface area contributed by atoms with Gasteiger partial charge in [-0.2, -0.15) is 5.10 Å². The van der Waals surface area contributed by atoms with Gasteiger partial charge in [-0.15, -0.1) is 5.10 Å². The second-order valence-corrected chi connectivity index (χ2v) is 7.10. The van der Waals surface area contributed by atoms with Crippen LogP contribution in [0.15, 0.2) is 24.3 Å². The lowest BCUT2D eigenvalue weighted by Gasteiger charge is -2.34. The molecule has 0 amide bonds. The summed E-state index contributed by atoms with van der Waals surface area (Å²) in [5, 5.41) is 11.2. The molecule has 3 rings (SSSR count). The zero-order valence-corrected chi connectivity index (χ0v) is 13.6. The third-order valence-corrected chi connectivity index (χ3v) is 5.09. The molecular weight excluding hydrogens is 314 g/mol. The van der Waals surface area contributed by atoms with Crippen molar-refractivity contribution in [2.24, 2.45) is 5.92 Å². The minimum atomic E-state index is 0.602. The second kappa shape index (κ2) is 5.68. The zero-order valence-electron chi connectivity index (χ0n) is 12.0. The highest BCUT2D eigenvalue weighted by molar-refractivity contribution is 9.09. The monoisotopic (exact) mass is 333 g/mol. The van der Waals surface area contributed by atoms with Crippen LogP contribution < -0.4 is 4.90 Å². The molecular formula is C16H20BrN3. The fraction of sp³-hybridized carbons (Fsp3) is 0.500. The normalized spacial score (nSPS) is 18.4. The molecule has 0 aliphatic carbocycles. The quantitative estimate of drug-likeness (QED) is 0.779. The highest BCUT2D eigenvalue weighted by Gasteiger charge is 2.24. The number of anilines is 1. The molecule has 0 saturated carbocycles. The molecule has 1 unspecified atom stereocenters. The number of benzene rings is 1. The fourth-order valence-corrected chi connectivity index (χ4v) is 3.56. The van der Waals surface area contributed by atoms with Gasteiger partial charge in [0.15, 0.2) is 5.82 Å². The van der Waals surface area contributed by atoms with Crippen LogP contribution in [0.3, 0.4) is 0 Å². The highest BCUT2D eigenvalue weighted by atomic mass is 79.9. The lowest BCUT2D eigenvalue weighted by molar-refractivity contribution is 0.405. The van der Waals surface area contributed by atoms with E-state index in [1.54, 1.807) is 0 Å². The summed E-state index contributed by atoms with van der Waals surface area (Å²) < 4.78 is 0. The molecule has 1 aromatic carbocycles. The van der Waals surface area contributed by atoms with Gasteiger partial charge in [0.1, 0.15) is 0 Å². The van der Waals surface area contributed by atoms with Crippen molar-refractivity contribution >= 4 is 32.5 Å². The summed E-state index contributed by atoms with van der Waals surface area (Å²) >= 11 is 3.71. The number of piperidine rings is 1. The van der Waals surface area contributed by atoms with Gasteiger partial charge in [0, 0.05) is 28.7 Å². The maximum atomic E-state index is 4.46. The Morgan fingerprint density at radius 2 is 1.80 bits per heavy atom. The molecule has 4 heteroatoms. The molecule has 1 aliphatic rings. The first-order chi connectivity index (χ1) is 9.66. The van der Waals surface area contributed by atoms with Crippen LogP contribution in [-0.4, -0.2) is 28.1 Å². The van der Waals surface area contributed by atoms with Crippen LogP contribution in [-0.2, 0) is 0 Å². The minimum absolute atomic E-state index is 0.602. The first-order valence-electron chi connectivity index (χ1n) is 7.28. The molecule has 1 saturated heterocycles. The van der Waals surface area contributed by atoms with E-state index in [0.29, 0.717) is 4.83 Å². The number of fused-ring (bicyclic) bond motifs is 1. The van der Waals surface area contributed by atoms with E-state index >= 15 is 0 Å². The number of halogens is 1. The van der Waals surface area contributed by atoms with Crippen LogP contribution in [0.4, 0.5) is 5.82 Å². The molecule has 0 bridgehead atoms. The molecule has 2 aromatic rings. The van der Waals surface area contributed by atoms with Gasteiger partial charge in [0.2, 0.25) is 0 Å². The third kappa shape index (κ3) is 2.53. The maximum absolute atomic E-state index is 4.46. The number of hydrogen-bond acceptors (Lipinski definition) is 3. The van der Waals surface area contributed by atoms with Crippen molar-refractivity contribution in [2.45, 2.75) is 31.5 Å². The largest absolute Gasteiger partial charge is 0.355 e. The van der Waals surface area contributed by atoms with Gasteiger partial charge in [-0.3, -0.25) is 0 Å². The number of alkyl halides is 1. The minimum Gasteiger partial charge on any atom is -0.355 e. The summed E-state index contributed by atoms with van der Waals surface area (Å²) in [6.45, 7) is 6.42. The molecule has 1 aromatic heterocycles. The van der Waals surface area contributed by atoms with Crippen molar-refractivity contribution in [1.29, 1.82) is 0 Å². The lowest BCUT2D eigenvalue weighted by atomic mass is 9.94. The Balaban J connectivity index is 1.90. The topological polar surface area (TPSA) is 29.0 Å². The van der Waals surface area contributed by atoms with Crippen molar-refractivity contribution < 1.29 is 0 Å².